The fraction of sp³-hybridized carbons (Fsp3) is 0.240. The summed E-state index contributed by atoms with van der Waals surface area (Å²) in [5.74, 6) is -1.10. The van der Waals surface area contributed by atoms with E-state index in [1.54, 1.807) is 31.5 Å². The van der Waals surface area contributed by atoms with E-state index in [1.165, 1.54) is 18.2 Å². The lowest BCUT2D eigenvalue weighted by Crippen LogP contribution is -2.16. The van der Waals surface area contributed by atoms with Gasteiger partial charge in [-0.05, 0) is 80.9 Å². The van der Waals surface area contributed by atoms with Crippen molar-refractivity contribution in [3.8, 4) is 0 Å². The summed E-state index contributed by atoms with van der Waals surface area (Å²) in [6.07, 6.45) is 0.495. The third kappa shape index (κ3) is 6.64. The highest BCUT2D eigenvalue weighted by molar-refractivity contribution is 6.08. The average molecular weight is 470 g/mol. The van der Waals surface area contributed by atoms with Crippen LogP contribution in [0.5, 0.6) is 0 Å². The van der Waals surface area contributed by atoms with Crippen molar-refractivity contribution in [2.45, 2.75) is 25.9 Å². The number of aromatic nitrogens is 1. The Bertz CT molecular complexity index is 1180. The molecule has 178 valence electrons. The van der Waals surface area contributed by atoms with Crippen LogP contribution in [0, 0.1) is 6.92 Å². The van der Waals surface area contributed by atoms with Gasteiger partial charge in [-0.15, -0.1) is 0 Å². The molecule has 1 heterocycles. The maximum absolute atomic E-state index is 12.9. The minimum Gasteiger partial charge on any atom is -0.322 e. The zero-order valence-electron chi connectivity index (χ0n) is 18.8. The van der Waals surface area contributed by atoms with Gasteiger partial charge in [0.1, 0.15) is 0 Å². The van der Waals surface area contributed by atoms with Crippen LogP contribution in [-0.2, 0) is 12.6 Å². The van der Waals surface area contributed by atoms with E-state index in [1.807, 2.05) is 13.1 Å². The number of carbonyl (C=O) groups is 2. The summed E-state index contributed by atoms with van der Waals surface area (Å²) in [6, 6.07) is 10.7. The second kappa shape index (κ2) is 10.9. The number of nitrogens with one attached hydrogen (secondary N) is 3. The molecule has 34 heavy (non-hydrogen) atoms. The molecule has 3 rings (SSSR count). The normalized spacial score (nSPS) is 11.2. The van der Waals surface area contributed by atoms with Gasteiger partial charge in [-0.25, -0.2) is 0 Å². The van der Waals surface area contributed by atoms with E-state index in [2.05, 4.69) is 20.9 Å². The first kappa shape index (κ1) is 24.9. The highest BCUT2D eigenvalue weighted by Crippen LogP contribution is 2.29. The van der Waals surface area contributed by atoms with Gasteiger partial charge in [0.2, 0.25) is 0 Å². The quantitative estimate of drug-likeness (QED) is 0.402. The average Bonchev–Trinajstić information content (AvgIpc) is 2.80. The second-order valence-electron chi connectivity index (χ2n) is 7.81. The molecule has 0 bridgehead atoms. The van der Waals surface area contributed by atoms with Gasteiger partial charge < -0.3 is 16.0 Å². The summed E-state index contributed by atoms with van der Waals surface area (Å²) < 4.78 is 38.8. The van der Waals surface area contributed by atoms with E-state index >= 15 is 0 Å². The van der Waals surface area contributed by atoms with Crippen molar-refractivity contribution >= 4 is 23.2 Å². The number of hydrogen-bond donors (Lipinski definition) is 3. The summed E-state index contributed by atoms with van der Waals surface area (Å²) in [5.41, 5.74) is 1.78. The van der Waals surface area contributed by atoms with Crippen molar-refractivity contribution in [3.63, 3.8) is 0 Å². The molecule has 0 fully saturated rings. The number of amides is 2. The van der Waals surface area contributed by atoms with Crippen LogP contribution in [0.15, 0.2) is 60.9 Å². The molecule has 1 aromatic heterocycles. The third-order valence-electron chi connectivity index (χ3n) is 5.14. The monoisotopic (exact) mass is 470 g/mol. The molecule has 0 aliphatic rings. The van der Waals surface area contributed by atoms with E-state index in [9.17, 15) is 22.8 Å². The number of pyridine rings is 1. The van der Waals surface area contributed by atoms with Crippen LogP contribution in [0.3, 0.4) is 0 Å². The molecule has 0 aliphatic carbocycles. The number of nitrogens with zero attached hydrogens (tertiary/aromatic N) is 1. The maximum Gasteiger partial charge on any atom is 0.416 e. The molecular weight excluding hydrogens is 445 g/mol. The molecule has 9 heteroatoms. The van der Waals surface area contributed by atoms with Crippen LogP contribution in [0.1, 0.15) is 43.8 Å². The Morgan fingerprint density at radius 3 is 2.44 bits per heavy atom. The molecule has 2 amide bonds. The number of carbonyl (C=O) groups excluding carboxylic acids is 2. The lowest BCUT2D eigenvalue weighted by atomic mass is 10.1. The predicted octanol–water partition coefficient (Wildman–Crippen LogP) is 5.07. The van der Waals surface area contributed by atoms with E-state index in [4.69, 9.17) is 0 Å². The smallest absolute Gasteiger partial charge is 0.322 e. The number of alkyl halides is 3. The highest BCUT2D eigenvalue weighted by Gasteiger charge is 2.30. The Kier molecular flexibility index (Phi) is 8.01. The molecule has 2 aromatic carbocycles. The minimum atomic E-state index is -4.55. The summed E-state index contributed by atoms with van der Waals surface area (Å²) in [7, 11) is 1.88. The maximum atomic E-state index is 12.9. The SMILES string of the molecule is CNCCCc1cncc(NC(=O)c2cc(NC(=O)c3cccc(C(F)(F)F)c3)ccc2C)c1. The Hall–Kier alpha value is -3.72. The second-order valence-corrected chi connectivity index (χ2v) is 7.81. The molecule has 0 spiro atoms. The molecule has 6 nitrogen and oxygen atoms in total. The Morgan fingerprint density at radius 1 is 0.941 bits per heavy atom. The van der Waals surface area contributed by atoms with Crippen molar-refractivity contribution in [2.24, 2.45) is 0 Å². The first-order chi connectivity index (χ1) is 16.2. The molecule has 0 radical (unpaired) electrons. The van der Waals surface area contributed by atoms with Gasteiger partial charge in [0.05, 0.1) is 17.4 Å². The Morgan fingerprint density at radius 2 is 1.71 bits per heavy atom. The largest absolute Gasteiger partial charge is 0.416 e. The lowest BCUT2D eigenvalue weighted by molar-refractivity contribution is -0.137. The van der Waals surface area contributed by atoms with Crippen LogP contribution in [-0.4, -0.2) is 30.4 Å². The van der Waals surface area contributed by atoms with Gasteiger partial charge in [-0.3, -0.25) is 14.6 Å². The van der Waals surface area contributed by atoms with Crippen LogP contribution >= 0.6 is 0 Å². The van der Waals surface area contributed by atoms with Crippen molar-refractivity contribution in [1.29, 1.82) is 0 Å². The first-order valence-corrected chi connectivity index (χ1v) is 10.7. The van der Waals surface area contributed by atoms with Gasteiger partial charge in [-0.2, -0.15) is 13.2 Å². The van der Waals surface area contributed by atoms with E-state index in [0.717, 1.165) is 37.1 Å². The fourth-order valence-electron chi connectivity index (χ4n) is 3.34. The molecule has 0 saturated heterocycles. The standard InChI is InChI=1S/C25H25F3N4O2/c1-16-8-9-20(31-23(33)18-6-3-7-19(12-18)25(26,27)28)13-22(16)24(34)32-21-11-17(14-30-15-21)5-4-10-29-2/h3,6-9,11-15,29H,4-5,10H2,1-2H3,(H,31,33)(H,32,34). The molecule has 0 unspecified atom stereocenters. The number of hydrogen-bond acceptors (Lipinski definition) is 4. The van der Waals surface area contributed by atoms with Crippen molar-refractivity contribution < 1.29 is 22.8 Å². The van der Waals surface area contributed by atoms with E-state index < -0.39 is 17.6 Å². The Balaban J connectivity index is 1.73. The highest BCUT2D eigenvalue weighted by atomic mass is 19.4. The van der Waals surface area contributed by atoms with Crippen molar-refractivity contribution in [2.75, 3.05) is 24.2 Å². The van der Waals surface area contributed by atoms with Gasteiger partial charge in [0.15, 0.2) is 0 Å². The summed E-state index contributed by atoms with van der Waals surface area (Å²) in [6.45, 7) is 2.62. The molecule has 0 saturated carbocycles. The van der Waals surface area contributed by atoms with Gasteiger partial charge in [0, 0.05) is 23.0 Å². The lowest BCUT2D eigenvalue weighted by Gasteiger charge is -2.12. The number of benzene rings is 2. The summed E-state index contributed by atoms with van der Waals surface area (Å²) in [5, 5.41) is 8.45. The summed E-state index contributed by atoms with van der Waals surface area (Å²) in [4.78, 5) is 29.6. The topological polar surface area (TPSA) is 83.1 Å². The van der Waals surface area contributed by atoms with Crippen molar-refractivity contribution in [3.05, 3.63) is 88.7 Å². The van der Waals surface area contributed by atoms with E-state index in [-0.39, 0.29) is 17.2 Å². The van der Waals surface area contributed by atoms with Crippen LogP contribution in [0.2, 0.25) is 0 Å². The fourth-order valence-corrected chi connectivity index (χ4v) is 3.34. The molecule has 0 atom stereocenters. The van der Waals surface area contributed by atoms with E-state index in [0.29, 0.717) is 16.8 Å². The molecular formula is C25H25F3N4O2. The zero-order valence-corrected chi connectivity index (χ0v) is 18.8. The minimum absolute atomic E-state index is 0.137. The first-order valence-electron chi connectivity index (χ1n) is 10.7. The molecule has 3 N–H and O–H groups in total. The summed E-state index contributed by atoms with van der Waals surface area (Å²) >= 11 is 0. The van der Waals surface area contributed by atoms with Crippen molar-refractivity contribution in [1.82, 2.24) is 10.3 Å². The number of halogens is 3. The predicted molar refractivity (Wildman–Crippen MR) is 125 cm³/mol. The third-order valence-corrected chi connectivity index (χ3v) is 5.14. The van der Waals surface area contributed by atoms with Gasteiger partial charge in [0.25, 0.3) is 11.8 Å². The molecule has 3 aromatic rings. The zero-order chi connectivity index (χ0) is 24.7. The van der Waals surface area contributed by atoms with Gasteiger partial charge >= 0.3 is 6.18 Å². The van der Waals surface area contributed by atoms with Gasteiger partial charge in [-0.1, -0.05) is 12.1 Å². The van der Waals surface area contributed by atoms with Crippen LogP contribution in [0.25, 0.3) is 0 Å². The van der Waals surface area contributed by atoms with Crippen LogP contribution in [0.4, 0.5) is 24.5 Å². The number of rotatable bonds is 8. The number of aryl methyl sites for hydroxylation is 2. The number of anilines is 2. The Labute approximate surface area is 195 Å². The molecule has 0 aliphatic heterocycles. The van der Waals surface area contributed by atoms with Crippen LogP contribution < -0.4 is 16.0 Å².